The molecule has 28 heavy (non-hydrogen) atoms. The van der Waals surface area contributed by atoms with E-state index < -0.39 is 17.9 Å². The minimum atomic E-state index is -0.865. The lowest BCUT2D eigenvalue weighted by Crippen LogP contribution is -2.54. The average Bonchev–Trinajstić information content (AvgIpc) is 2.98. The van der Waals surface area contributed by atoms with Crippen LogP contribution in [0.5, 0.6) is 0 Å². The maximum absolute atomic E-state index is 13.3. The van der Waals surface area contributed by atoms with Crippen molar-refractivity contribution in [2.45, 2.75) is 25.3 Å². The lowest BCUT2D eigenvalue weighted by molar-refractivity contribution is -0.149. The van der Waals surface area contributed by atoms with Gasteiger partial charge in [0.25, 0.3) is 11.8 Å². The molecule has 0 bridgehead atoms. The number of benzene rings is 1. The maximum atomic E-state index is 13.3. The Labute approximate surface area is 168 Å². The standard InChI is InChI=1S/C20H24N2O5S/c1-27-20(26)13-6-5-10-21(12-13)19(25)16(9-11-28-2)22-17(23)14-7-3-4-8-15(14)18(22)24/h3-4,7-8,13,16H,5-6,9-12H2,1-2H3. The van der Waals surface area contributed by atoms with Crippen LogP contribution in [-0.2, 0) is 14.3 Å². The van der Waals surface area contributed by atoms with Crippen molar-refractivity contribution in [1.29, 1.82) is 0 Å². The fourth-order valence-corrected chi connectivity index (χ4v) is 4.29. The third-order valence-corrected chi connectivity index (χ3v) is 5.93. The number of methoxy groups -OCH3 is 1. The number of imide groups is 1. The first-order valence-corrected chi connectivity index (χ1v) is 10.7. The maximum Gasteiger partial charge on any atom is 0.310 e. The number of amides is 3. The molecule has 8 heteroatoms. The number of hydrogen-bond acceptors (Lipinski definition) is 6. The first kappa shape index (κ1) is 20.4. The van der Waals surface area contributed by atoms with Crippen molar-refractivity contribution in [3.8, 4) is 0 Å². The zero-order chi connectivity index (χ0) is 20.3. The third-order valence-electron chi connectivity index (χ3n) is 5.29. The quantitative estimate of drug-likeness (QED) is 0.531. The summed E-state index contributed by atoms with van der Waals surface area (Å²) in [6.45, 7) is 0.760. The van der Waals surface area contributed by atoms with Crippen molar-refractivity contribution in [1.82, 2.24) is 9.80 Å². The molecular weight excluding hydrogens is 380 g/mol. The summed E-state index contributed by atoms with van der Waals surface area (Å²) < 4.78 is 4.82. The Bertz CT molecular complexity index is 762. The van der Waals surface area contributed by atoms with Gasteiger partial charge >= 0.3 is 5.97 Å². The Kier molecular flexibility index (Phi) is 6.39. The predicted molar refractivity (Wildman–Crippen MR) is 105 cm³/mol. The predicted octanol–water partition coefficient (Wildman–Crippen LogP) is 1.82. The van der Waals surface area contributed by atoms with Gasteiger partial charge in [-0.15, -0.1) is 0 Å². The van der Waals surface area contributed by atoms with Gasteiger partial charge in [-0.05, 0) is 43.4 Å². The van der Waals surface area contributed by atoms with Crippen LogP contribution in [0.15, 0.2) is 24.3 Å². The number of carbonyl (C=O) groups is 4. The zero-order valence-corrected chi connectivity index (χ0v) is 16.9. The molecule has 3 rings (SSSR count). The van der Waals surface area contributed by atoms with E-state index >= 15 is 0 Å². The Morgan fingerprint density at radius 1 is 1.21 bits per heavy atom. The van der Waals surface area contributed by atoms with Crippen LogP contribution in [0.1, 0.15) is 40.0 Å². The van der Waals surface area contributed by atoms with Crippen molar-refractivity contribution in [2.75, 3.05) is 32.2 Å². The van der Waals surface area contributed by atoms with Crippen molar-refractivity contribution >= 4 is 35.5 Å². The Morgan fingerprint density at radius 2 is 1.86 bits per heavy atom. The van der Waals surface area contributed by atoms with E-state index in [0.29, 0.717) is 42.7 Å². The number of hydrogen-bond donors (Lipinski definition) is 0. The number of thioether (sulfide) groups is 1. The highest BCUT2D eigenvalue weighted by atomic mass is 32.2. The fraction of sp³-hybridized carbons (Fsp3) is 0.500. The van der Waals surface area contributed by atoms with Crippen LogP contribution in [0.2, 0.25) is 0 Å². The summed E-state index contributed by atoms with van der Waals surface area (Å²) in [6, 6.07) is 5.77. The van der Waals surface area contributed by atoms with Gasteiger partial charge in [-0.1, -0.05) is 12.1 Å². The van der Waals surface area contributed by atoms with Crippen LogP contribution in [0.25, 0.3) is 0 Å². The molecule has 0 aliphatic carbocycles. The van der Waals surface area contributed by atoms with Crippen molar-refractivity contribution in [2.24, 2.45) is 5.92 Å². The van der Waals surface area contributed by atoms with E-state index in [1.54, 1.807) is 40.9 Å². The smallest absolute Gasteiger partial charge is 0.310 e. The average molecular weight is 404 g/mol. The number of carbonyl (C=O) groups excluding carboxylic acids is 4. The summed E-state index contributed by atoms with van der Waals surface area (Å²) in [5, 5.41) is 0. The molecule has 1 saturated heterocycles. The van der Waals surface area contributed by atoms with Gasteiger partial charge in [0.1, 0.15) is 6.04 Å². The van der Waals surface area contributed by atoms with E-state index in [9.17, 15) is 19.2 Å². The SMILES string of the molecule is COC(=O)C1CCCN(C(=O)C(CCSC)N2C(=O)c3ccccc3C2=O)C1. The van der Waals surface area contributed by atoms with Crippen LogP contribution < -0.4 is 0 Å². The molecule has 0 spiro atoms. The monoisotopic (exact) mass is 404 g/mol. The number of rotatable bonds is 6. The second-order valence-electron chi connectivity index (χ2n) is 6.97. The number of esters is 1. The highest BCUT2D eigenvalue weighted by molar-refractivity contribution is 7.98. The minimum Gasteiger partial charge on any atom is -0.469 e. The summed E-state index contributed by atoms with van der Waals surface area (Å²) in [5.41, 5.74) is 0.668. The van der Waals surface area contributed by atoms with E-state index in [-0.39, 0.29) is 24.3 Å². The van der Waals surface area contributed by atoms with E-state index in [1.165, 1.54) is 7.11 Å². The van der Waals surface area contributed by atoms with Gasteiger partial charge in [0, 0.05) is 13.1 Å². The first-order valence-electron chi connectivity index (χ1n) is 9.32. The number of nitrogens with zero attached hydrogens (tertiary/aromatic N) is 2. The number of fused-ring (bicyclic) bond motifs is 1. The van der Waals surface area contributed by atoms with Gasteiger partial charge in [0.2, 0.25) is 5.91 Å². The highest BCUT2D eigenvalue weighted by Crippen LogP contribution is 2.28. The largest absolute Gasteiger partial charge is 0.469 e. The van der Waals surface area contributed by atoms with Crippen LogP contribution >= 0.6 is 11.8 Å². The van der Waals surface area contributed by atoms with E-state index in [4.69, 9.17) is 4.74 Å². The number of ether oxygens (including phenoxy) is 1. The molecule has 150 valence electrons. The molecule has 0 saturated carbocycles. The molecule has 0 N–H and O–H groups in total. The van der Waals surface area contributed by atoms with E-state index in [0.717, 1.165) is 4.90 Å². The normalized spacial score (nSPS) is 20.1. The van der Waals surface area contributed by atoms with Crippen molar-refractivity contribution in [3.63, 3.8) is 0 Å². The lowest BCUT2D eigenvalue weighted by atomic mass is 9.97. The summed E-state index contributed by atoms with van der Waals surface area (Å²) in [4.78, 5) is 53.7. The molecule has 2 aliphatic rings. The molecule has 7 nitrogen and oxygen atoms in total. The molecule has 0 radical (unpaired) electrons. The van der Waals surface area contributed by atoms with Gasteiger partial charge in [-0.25, -0.2) is 0 Å². The Hall–Kier alpha value is -2.35. The van der Waals surface area contributed by atoms with Gasteiger partial charge in [0.15, 0.2) is 0 Å². The van der Waals surface area contributed by atoms with Crippen LogP contribution in [0.4, 0.5) is 0 Å². The van der Waals surface area contributed by atoms with Crippen LogP contribution in [0, 0.1) is 5.92 Å². The second-order valence-corrected chi connectivity index (χ2v) is 7.96. The topological polar surface area (TPSA) is 84.0 Å². The summed E-state index contributed by atoms with van der Waals surface area (Å²) in [7, 11) is 1.34. The van der Waals surface area contributed by atoms with Crippen LogP contribution in [-0.4, -0.2) is 71.7 Å². The molecule has 2 aliphatic heterocycles. The zero-order valence-electron chi connectivity index (χ0n) is 16.1. The van der Waals surface area contributed by atoms with E-state index in [1.807, 2.05) is 6.26 Å². The molecular formula is C20H24N2O5S. The molecule has 2 atom stereocenters. The molecule has 1 aromatic rings. The Morgan fingerprint density at radius 3 is 2.43 bits per heavy atom. The van der Waals surface area contributed by atoms with Gasteiger partial charge < -0.3 is 9.64 Å². The fourth-order valence-electron chi connectivity index (χ4n) is 3.83. The lowest BCUT2D eigenvalue weighted by Gasteiger charge is -2.36. The number of piperidine rings is 1. The first-order chi connectivity index (χ1) is 13.5. The minimum absolute atomic E-state index is 0.254. The van der Waals surface area contributed by atoms with Crippen LogP contribution in [0.3, 0.4) is 0 Å². The molecule has 3 amide bonds. The second kappa shape index (κ2) is 8.77. The van der Waals surface area contributed by atoms with Gasteiger partial charge in [0.05, 0.1) is 24.2 Å². The van der Waals surface area contributed by atoms with Crippen molar-refractivity contribution in [3.05, 3.63) is 35.4 Å². The Balaban J connectivity index is 1.84. The van der Waals surface area contributed by atoms with Gasteiger partial charge in [-0.3, -0.25) is 24.1 Å². The third kappa shape index (κ3) is 3.78. The summed E-state index contributed by atoms with van der Waals surface area (Å²) >= 11 is 1.55. The molecule has 2 heterocycles. The summed E-state index contributed by atoms with van der Waals surface area (Å²) in [5.74, 6) is -1.21. The number of likely N-dealkylation sites (tertiary alicyclic amines) is 1. The van der Waals surface area contributed by atoms with E-state index in [2.05, 4.69) is 0 Å². The molecule has 0 aromatic heterocycles. The highest BCUT2D eigenvalue weighted by Gasteiger charge is 2.44. The van der Waals surface area contributed by atoms with Crippen molar-refractivity contribution < 1.29 is 23.9 Å². The van der Waals surface area contributed by atoms with Gasteiger partial charge in [-0.2, -0.15) is 11.8 Å². The molecule has 1 aromatic carbocycles. The summed E-state index contributed by atoms with van der Waals surface area (Å²) in [6.07, 6.45) is 3.64. The molecule has 2 unspecified atom stereocenters. The molecule has 1 fully saturated rings.